The molecule has 0 saturated carbocycles. The van der Waals surface area contributed by atoms with E-state index in [0.29, 0.717) is 6.61 Å². The molecular formula is C13H17N3OS2. The van der Waals surface area contributed by atoms with Crippen molar-refractivity contribution in [2.24, 2.45) is 0 Å². The molecule has 6 heteroatoms. The van der Waals surface area contributed by atoms with Gasteiger partial charge in [-0.15, -0.1) is 10.2 Å². The minimum Gasteiger partial charge on any atom is -0.493 e. The molecule has 0 unspecified atom stereocenters. The summed E-state index contributed by atoms with van der Waals surface area (Å²) >= 11 is 3.25. The smallest absolute Gasteiger partial charge is 0.206 e. The number of benzene rings is 1. The number of hydrogen-bond acceptors (Lipinski definition) is 6. The Kier molecular flexibility index (Phi) is 5.47. The molecule has 2 rings (SSSR count). The van der Waals surface area contributed by atoms with E-state index in [2.05, 4.69) is 34.6 Å². The summed E-state index contributed by atoms with van der Waals surface area (Å²) in [6.07, 6.45) is 0. The fourth-order valence-electron chi connectivity index (χ4n) is 1.41. The van der Waals surface area contributed by atoms with E-state index in [1.165, 1.54) is 5.56 Å². The summed E-state index contributed by atoms with van der Waals surface area (Å²) in [4.78, 5) is 0. The summed E-state index contributed by atoms with van der Waals surface area (Å²) in [7, 11) is 0. The maximum Gasteiger partial charge on any atom is 0.206 e. The molecule has 0 spiro atoms. The molecule has 102 valence electrons. The molecule has 0 saturated heterocycles. The van der Waals surface area contributed by atoms with Crippen LogP contribution in [0.15, 0.2) is 28.6 Å². The lowest BCUT2D eigenvalue weighted by Crippen LogP contribution is -1.99. The molecule has 0 aliphatic heterocycles. The van der Waals surface area contributed by atoms with E-state index < -0.39 is 0 Å². The Morgan fingerprint density at radius 2 is 2.05 bits per heavy atom. The Bertz CT molecular complexity index is 499. The lowest BCUT2D eigenvalue weighted by atomic mass is 10.2. The van der Waals surface area contributed by atoms with Crippen LogP contribution in [0.1, 0.15) is 12.5 Å². The zero-order chi connectivity index (χ0) is 13.5. The van der Waals surface area contributed by atoms with Crippen LogP contribution in [-0.2, 0) is 0 Å². The second-order valence-corrected chi connectivity index (χ2v) is 6.23. The molecule has 19 heavy (non-hydrogen) atoms. The molecule has 0 aliphatic rings. The highest BCUT2D eigenvalue weighted by molar-refractivity contribution is 8.01. The summed E-state index contributed by atoms with van der Waals surface area (Å²) < 4.78 is 6.63. The van der Waals surface area contributed by atoms with Crippen LogP contribution < -0.4 is 10.1 Å². The molecule has 1 heterocycles. The van der Waals surface area contributed by atoms with Gasteiger partial charge in [-0.1, -0.05) is 40.8 Å². The number of nitrogens with zero attached hydrogens (tertiary/aromatic N) is 2. The topological polar surface area (TPSA) is 47.0 Å². The average Bonchev–Trinajstić information content (AvgIpc) is 2.85. The molecule has 1 aromatic heterocycles. The lowest BCUT2D eigenvalue weighted by molar-refractivity contribution is 0.344. The second kappa shape index (κ2) is 7.35. The molecule has 0 atom stereocenters. The maximum absolute atomic E-state index is 5.66. The minimum absolute atomic E-state index is 0.670. The van der Waals surface area contributed by atoms with E-state index in [1.54, 1.807) is 23.1 Å². The van der Waals surface area contributed by atoms with Crippen molar-refractivity contribution in [1.29, 1.82) is 0 Å². The van der Waals surface area contributed by atoms with Crippen LogP contribution >= 0.6 is 23.1 Å². The predicted molar refractivity (Wildman–Crippen MR) is 81.5 cm³/mol. The third-order valence-corrected chi connectivity index (χ3v) is 4.31. The predicted octanol–water partition coefficient (Wildman–Crippen LogP) is 3.45. The molecule has 4 nitrogen and oxygen atoms in total. The highest BCUT2D eigenvalue weighted by atomic mass is 32.2. The van der Waals surface area contributed by atoms with E-state index in [4.69, 9.17) is 4.74 Å². The van der Waals surface area contributed by atoms with Crippen molar-refractivity contribution >= 4 is 28.2 Å². The zero-order valence-corrected chi connectivity index (χ0v) is 12.7. The number of hydrogen-bond donors (Lipinski definition) is 1. The molecule has 2 aromatic rings. The lowest BCUT2D eigenvalue weighted by Gasteiger charge is -2.04. The highest BCUT2D eigenvalue weighted by Gasteiger charge is 2.03. The van der Waals surface area contributed by atoms with Crippen LogP contribution in [0.25, 0.3) is 0 Å². The fourth-order valence-corrected chi connectivity index (χ4v) is 3.12. The number of aryl methyl sites for hydroxylation is 1. The van der Waals surface area contributed by atoms with Crippen molar-refractivity contribution in [1.82, 2.24) is 10.2 Å². The van der Waals surface area contributed by atoms with Gasteiger partial charge in [0.2, 0.25) is 5.13 Å². The molecule has 1 N–H and O–H groups in total. The normalized spacial score (nSPS) is 10.4. The van der Waals surface area contributed by atoms with E-state index in [-0.39, 0.29) is 0 Å². The van der Waals surface area contributed by atoms with Crippen LogP contribution in [0.2, 0.25) is 0 Å². The van der Waals surface area contributed by atoms with Gasteiger partial charge in [0.25, 0.3) is 0 Å². The van der Waals surface area contributed by atoms with Gasteiger partial charge in [-0.25, -0.2) is 0 Å². The monoisotopic (exact) mass is 295 g/mol. The zero-order valence-electron chi connectivity index (χ0n) is 11.0. The Balaban J connectivity index is 1.69. The van der Waals surface area contributed by atoms with Gasteiger partial charge in [0.1, 0.15) is 5.75 Å². The van der Waals surface area contributed by atoms with E-state index >= 15 is 0 Å². The van der Waals surface area contributed by atoms with Gasteiger partial charge in [-0.05, 0) is 26.0 Å². The number of nitrogens with one attached hydrogen (secondary N) is 1. The average molecular weight is 295 g/mol. The van der Waals surface area contributed by atoms with Crippen LogP contribution in [0.4, 0.5) is 5.13 Å². The van der Waals surface area contributed by atoms with Crippen LogP contribution in [0, 0.1) is 6.92 Å². The van der Waals surface area contributed by atoms with E-state index in [0.717, 1.165) is 27.5 Å². The first-order chi connectivity index (χ1) is 9.28. The number of aromatic nitrogens is 2. The Morgan fingerprint density at radius 3 is 2.79 bits per heavy atom. The molecular weight excluding hydrogens is 278 g/mol. The quantitative estimate of drug-likeness (QED) is 0.626. The van der Waals surface area contributed by atoms with E-state index in [9.17, 15) is 0 Å². The summed E-state index contributed by atoms with van der Waals surface area (Å²) in [5.74, 6) is 1.78. The Morgan fingerprint density at radius 1 is 1.26 bits per heavy atom. The van der Waals surface area contributed by atoms with Crippen molar-refractivity contribution in [2.45, 2.75) is 18.2 Å². The van der Waals surface area contributed by atoms with Gasteiger partial charge in [-0.3, -0.25) is 0 Å². The molecule has 0 aliphatic carbocycles. The van der Waals surface area contributed by atoms with Crippen molar-refractivity contribution in [3.05, 3.63) is 29.8 Å². The van der Waals surface area contributed by atoms with Crippen LogP contribution in [-0.4, -0.2) is 29.1 Å². The fraction of sp³-hybridized carbons (Fsp3) is 0.385. The van der Waals surface area contributed by atoms with Gasteiger partial charge in [-0.2, -0.15) is 0 Å². The Labute approximate surface area is 121 Å². The molecule has 1 aromatic carbocycles. The molecule has 0 radical (unpaired) electrons. The first kappa shape index (κ1) is 14.1. The minimum atomic E-state index is 0.670. The van der Waals surface area contributed by atoms with Crippen molar-refractivity contribution in [2.75, 3.05) is 24.2 Å². The third kappa shape index (κ3) is 4.72. The van der Waals surface area contributed by atoms with Gasteiger partial charge < -0.3 is 10.1 Å². The standard InChI is InChI=1S/C13H17N3OS2/c1-3-14-12-15-16-13(19-12)18-9-8-17-11-6-4-10(2)5-7-11/h4-7H,3,8-9H2,1-2H3,(H,14,15). The first-order valence-corrected chi connectivity index (χ1v) is 7.98. The van der Waals surface area contributed by atoms with Gasteiger partial charge >= 0.3 is 0 Å². The maximum atomic E-state index is 5.66. The second-order valence-electron chi connectivity index (χ2n) is 3.91. The SMILES string of the molecule is CCNc1nnc(SCCOc2ccc(C)cc2)s1. The number of rotatable bonds is 7. The van der Waals surface area contributed by atoms with Gasteiger partial charge in [0, 0.05) is 12.3 Å². The van der Waals surface area contributed by atoms with Crippen molar-refractivity contribution in [3.63, 3.8) is 0 Å². The summed E-state index contributed by atoms with van der Waals surface area (Å²) in [6, 6.07) is 8.09. The largest absolute Gasteiger partial charge is 0.493 e. The van der Waals surface area contributed by atoms with Gasteiger partial charge in [0.05, 0.1) is 6.61 Å². The van der Waals surface area contributed by atoms with Crippen molar-refractivity contribution < 1.29 is 4.74 Å². The third-order valence-electron chi connectivity index (χ3n) is 2.33. The Hall–Kier alpha value is -1.27. The van der Waals surface area contributed by atoms with E-state index in [1.807, 2.05) is 19.1 Å². The summed E-state index contributed by atoms with van der Waals surface area (Å²) in [5, 5.41) is 12.2. The van der Waals surface area contributed by atoms with Crippen LogP contribution in [0.3, 0.4) is 0 Å². The number of anilines is 1. The van der Waals surface area contributed by atoms with Gasteiger partial charge in [0.15, 0.2) is 4.34 Å². The summed E-state index contributed by atoms with van der Waals surface area (Å²) in [6.45, 7) is 5.65. The van der Waals surface area contributed by atoms with Crippen LogP contribution in [0.5, 0.6) is 5.75 Å². The number of ether oxygens (including phenoxy) is 1. The molecule has 0 bridgehead atoms. The summed E-state index contributed by atoms with van der Waals surface area (Å²) in [5.41, 5.74) is 1.24. The molecule has 0 fully saturated rings. The number of thioether (sulfide) groups is 1. The van der Waals surface area contributed by atoms with Crippen molar-refractivity contribution in [3.8, 4) is 5.75 Å². The molecule has 0 amide bonds. The highest BCUT2D eigenvalue weighted by Crippen LogP contribution is 2.25. The first-order valence-electron chi connectivity index (χ1n) is 6.17.